The van der Waals surface area contributed by atoms with Crippen LogP contribution in [-0.2, 0) is 6.42 Å². The Kier molecular flexibility index (Phi) is 8.31. The molecule has 0 aromatic heterocycles. The lowest BCUT2D eigenvalue weighted by Crippen LogP contribution is -1.89. The number of benzene rings is 1. The second kappa shape index (κ2) is 7.48. The molecule has 1 aromatic carbocycles. The van der Waals surface area contributed by atoms with Gasteiger partial charge in [0.15, 0.2) is 0 Å². The third kappa shape index (κ3) is 4.35. The van der Waals surface area contributed by atoms with Crippen LogP contribution in [0.25, 0.3) is 0 Å². The molecular formula is C12H20F2. The highest BCUT2D eigenvalue weighted by atomic mass is 19.0. The van der Waals surface area contributed by atoms with Gasteiger partial charge in [-0.15, -0.1) is 0 Å². The summed E-state index contributed by atoms with van der Waals surface area (Å²) in [5.41, 5.74) is 4.35. The van der Waals surface area contributed by atoms with Gasteiger partial charge in [-0.2, -0.15) is 0 Å². The minimum atomic E-state index is 0. The largest absolute Gasteiger partial charge is 0.269 e. The van der Waals surface area contributed by atoms with Crippen LogP contribution in [0.15, 0.2) is 18.2 Å². The van der Waals surface area contributed by atoms with Crippen molar-refractivity contribution < 1.29 is 9.41 Å². The highest BCUT2D eigenvalue weighted by Crippen LogP contribution is 2.13. The van der Waals surface area contributed by atoms with Crippen molar-refractivity contribution in [3.63, 3.8) is 0 Å². The zero-order chi connectivity index (χ0) is 8.97. The van der Waals surface area contributed by atoms with Crippen molar-refractivity contribution >= 4 is 0 Å². The van der Waals surface area contributed by atoms with Crippen LogP contribution in [0.4, 0.5) is 9.41 Å². The molecule has 0 aliphatic heterocycles. The Hall–Kier alpha value is -0.920. The first-order valence-corrected chi connectivity index (χ1v) is 4.80. The van der Waals surface area contributed by atoms with Gasteiger partial charge in [-0.1, -0.05) is 37.1 Å². The second-order valence-electron chi connectivity index (χ2n) is 3.53. The summed E-state index contributed by atoms with van der Waals surface area (Å²) in [7, 11) is 0. The summed E-state index contributed by atoms with van der Waals surface area (Å²) < 4.78 is 0. The van der Waals surface area contributed by atoms with Crippen molar-refractivity contribution in [1.82, 2.24) is 0 Å². The van der Waals surface area contributed by atoms with Gasteiger partial charge >= 0.3 is 0 Å². The number of halogens is 2. The lowest BCUT2D eigenvalue weighted by molar-refractivity contribution is 0.790. The molecule has 0 spiro atoms. The molecule has 0 aliphatic carbocycles. The summed E-state index contributed by atoms with van der Waals surface area (Å²) in [6.07, 6.45) is 3.84. The quantitative estimate of drug-likeness (QED) is 0.696. The molecule has 0 nitrogen and oxygen atoms in total. The summed E-state index contributed by atoms with van der Waals surface area (Å²) in [5.74, 6) is 0. The zero-order valence-electron chi connectivity index (χ0n) is 9.17. The Balaban J connectivity index is 0. The molecule has 1 aromatic rings. The molecule has 0 atom stereocenters. The van der Waals surface area contributed by atoms with E-state index in [1.807, 2.05) is 0 Å². The molecule has 0 N–H and O–H groups in total. The normalized spacial score (nSPS) is 8.79. The van der Waals surface area contributed by atoms with Crippen molar-refractivity contribution in [3.8, 4) is 0 Å². The summed E-state index contributed by atoms with van der Waals surface area (Å²) in [6.45, 7) is 6.60. The maximum absolute atomic E-state index is 2.31. The minimum absolute atomic E-state index is 0. The highest BCUT2D eigenvalue weighted by molar-refractivity contribution is 5.30. The molecule has 0 bridgehead atoms. The Morgan fingerprint density at radius 3 is 2.29 bits per heavy atom. The molecule has 0 unspecified atom stereocenters. The molecule has 1 rings (SSSR count). The number of hydrogen-bond acceptors (Lipinski definition) is 0. The number of hydrogen-bond donors (Lipinski definition) is 0. The van der Waals surface area contributed by atoms with Gasteiger partial charge in [-0.05, 0) is 37.8 Å². The van der Waals surface area contributed by atoms with Crippen LogP contribution in [0, 0.1) is 13.8 Å². The fourth-order valence-corrected chi connectivity index (χ4v) is 1.44. The molecule has 0 aliphatic rings. The Morgan fingerprint density at radius 1 is 1.07 bits per heavy atom. The average Bonchev–Trinajstić information content (AvgIpc) is 2.07. The highest BCUT2D eigenvalue weighted by Gasteiger charge is 1.96. The van der Waals surface area contributed by atoms with Crippen molar-refractivity contribution in [2.75, 3.05) is 0 Å². The maximum atomic E-state index is 2.31. The number of aryl methyl sites for hydroxylation is 3. The second-order valence-corrected chi connectivity index (χ2v) is 3.53. The standard InChI is InChI=1S/C12H18.2FH/c1-4-5-6-12-9-10(2)7-8-11(12)3;;/h7-9H,4-6H2,1-3H3;2*1H. The SMILES string of the molecule is CCCCc1cc(C)ccc1C.F.F. The van der Waals surface area contributed by atoms with Crippen LogP contribution in [-0.4, -0.2) is 0 Å². The first-order valence-electron chi connectivity index (χ1n) is 4.80. The fraction of sp³-hybridized carbons (Fsp3) is 0.500. The van der Waals surface area contributed by atoms with Crippen LogP contribution < -0.4 is 0 Å². The molecule has 0 radical (unpaired) electrons. The van der Waals surface area contributed by atoms with Gasteiger partial charge < -0.3 is 0 Å². The lowest BCUT2D eigenvalue weighted by atomic mass is 10.0. The third-order valence-electron chi connectivity index (χ3n) is 2.30. The van der Waals surface area contributed by atoms with E-state index in [1.165, 1.54) is 36.0 Å². The minimum Gasteiger partial charge on any atom is -0.269 e. The van der Waals surface area contributed by atoms with Crippen molar-refractivity contribution in [1.29, 1.82) is 0 Å². The van der Waals surface area contributed by atoms with E-state index < -0.39 is 0 Å². The van der Waals surface area contributed by atoms with E-state index >= 15 is 0 Å². The summed E-state index contributed by atoms with van der Waals surface area (Å²) >= 11 is 0. The first kappa shape index (κ1) is 15.5. The smallest absolute Gasteiger partial charge is 0.0276 e. The molecule has 0 saturated heterocycles. The van der Waals surface area contributed by atoms with Gasteiger partial charge in [-0.25, -0.2) is 0 Å². The van der Waals surface area contributed by atoms with Gasteiger partial charge in [-0.3, -0.25) is 9.41 Å². The maximum Gasteiger partial charge on any atom is -0.0276 e. The van der Waals surface area contributed by atoms with E-state index in [1.54, 1.807) is 0 Å². The summed E-state index contributed by atoms with van der Waals surface area (Å²) in [5, 5.41) is 0. The average molecular weight is 202 g/mol. The van der Waals surface area contributed by atoms with Crippen LogP contribution in [0.2, 0.25) is 0 Å². The number of rotatable bonds is 3. The van der Waals surface area contributed by atoms with Gasteiger partial charge in [0, 0.05) is 0 Å². The molecule has 0 heterocycles. The van der Waals surface area contributed by atoms with Crippen LogP contribution >= 0.6 is 0 Å². The third-order valence-corrected chi connectivity index (χ3v) is 2.30. The molecule has 0 amide bonds. The summed E-state index contributed by atoms with van der Waals surface area (Å²) in [6, 6.07) is 6.72. The molecular weight excluding hydrogens is 182 g/mol. The van der Waals surface area contributed by atoms with Gasteiger partial charge in [0.1, 0.15) is 0 Å². The van der Waals surface area contributed by atoms with Gasteiger partial charge in [0.25, 0.3) is 0 Å². The molecule has 0 saturated carbocycles. The van der Waals surface area contributed by atoms with E-state index in [0.29, 0.717) is 0 Å². The van der Waals surface area contributed by atoms with Gasteiger partial charge in [0.05, 0.1) is 0 Å². The Labute approximate surface area is 85.1 Å². The topological polar surface area (TPSA) is 0 Å². The van der Waals surface area contributed by atoms with E-state index in [-0.39, 0.29) is 9.41 Å². The monoisotopic (exact) mass is 202 g/mol. The van der Waals surface area contributed by atoms with Gasteiger partial charge in [0.2, 0.25) is 0 Å². The predicted octanol–water partition coefficient (Wildman–Crippen LogP) is 3.95. The lowest BCUT2D eigenvalue weighted by Gasteiger charge is -2.05. The predicted molar refractivity (Wildman–Crippen MR) is 59.5 cm³/mol. The van der Waals surface area contributed by atoms with Crippen molar-refractivity contribution in [2.45, 2.75) is 40.0 Å². The van der Waals surface area contributed by atoms with Crippen molar-refractivity contribution in [2.24, 2.45) is 0 Å². The van der Waals surface area contributed by atoms with E-state index in [4.69, 9.17) is 0 Å². The molecule has 82 valence electrons. The first-order chi connectivity index (χ1) is 5.74. The molecule has 0 fully saturated rings. The summed E-state index contributed by atoms with van der Waals surface area (Å²) in [4.78, 5) is 0. The number of unbranched alkanes of at least 4 members (excludes halogenated alkanes) is 1. The van der Waals surface area contributed by atoms with Crippen LogP contribution in [0.5, 0.6) is 0 Å². The molecule has 2 heteroatoms. The van der Waals surface area contributed by atoms with Crippen molar-refractivity contribution in [3.05, 3.63) is 34.9 Å². The molecule has 14 heavy (non-hydrogen) atoms. The van der Waals surface area contributed by atoms with E-state index in [9.17, 15) is 0 Å². The van der Waals surface area contributed by atoms with Crippen LogP contribution in [0.1, 0.15) is 36.5 Å². The Morgan fingerprint density at radius 2 is 1.71 bits per heavy atom. The van der Waals surface area contributed by atoms with E-state index in [2.05, 4.69) is 39.0 Å². The fourth-order valence-electron chi connectivity index (χ4n) is 1.44. The zero-order valence-corrected chi connectivity index (χ0v) is 9.17. The van der Waals surface area contributed by atoms with E-state index in [0.717, 1.165) is 0 Å². The Bertz CT molecular complexity index is 256. The van der Waals surface area contributed by atoms with Crippen LogP contribution in [0.3, 0.4) is 0 Å².